The zero-order chi connectivity index (χ0) is 15.9. The molecule has 0 bridgehead atoms. The number of carbonyl (C=O) groups excluding carboxylic acids is 1. The van der Waals surface area contributed by atoms with Crippen LogP contribution < -0.4 is 5.32 Å². The molecule has 1 heterocycles. The molecule has 0 radical (unpaired) electrons. The van der Waals surface area contributed by atoms with Gasteiger partial charge in [-0.2, -0.15) is 0 Å². The summed E-state index contributed by atoms with van der Waals surface area (Å²) in [5.74, 6) is 0.146. The molecule has 1 aliphatic heterocycles. The summed E-state index contributed by atoms with van der Waals surface area (Å²) in [5.41, 5.74) is 1.40. The Morgan fingerprint density at radius 1 is 1.09 bits per heavy atom. The molecule has 1 fully saturated rings. The van der Waals surface area contributed by atoms with E-state index in [0.29, 0.717) is 0 Å². The molecule has 1 aromatic rings. The Morgan fingerprint density at radius 3 is 2.32 bits per heavy atom. The predicted octanol–water partition coefficient (Wildman–Crippen LogP) is 1.76. The monoisotopic (exact) mass is 303 g/mol. The molecule has 22 heavy (non-hydrogen) atoms. The van der Waals surface area contributed by atoms with Gasteiger partial charge >= 0.3 is 0 Å². The van der Waals surface area contributed by atoms with Crippen LogP contribution in [0.15, 0.2) is 30.3 Å². The number of amides is 1. The van der Waals surface area contributed by atoms with Gasteiger partial charge in [0.15, 0.2) is 0 Å². The lowest BCUT2D eigenvalue weighted by Crippen LogP contribution is -2.54. The van der Waals surface area contributed by atoms with E-state index in [2.05, 4.69) is 45.4 Å². The van der Waals surface area contributed by atoms with Crippen LogP contribution in [0.1, 0.15) is 26.3 Å². The quantitative estimate of drug-likeness (QED) is 0.870. The van der Waals surface area contributed by atoms with Crippen LogP contribution in [-0.2, 0) is 11.2 Å². The van der Waals surface area contributed by atoms with E-state index >= 15 is 0 Å². The molecule has 4 nitrogen and oxygen atoms in total. The van der Waals surface area contributed by atoms with Crippen molar-refractivity contribution in [3.05, 3.63) is 35.9 Å². The summed E-state index contributed by atoms with van der Waals surface area (Å²) in [6.45, 7) is 11.2. The number of nitrogens with zero attached hydrogens (tertiary/aromatic N) is 2. The zero-order valence-electron chi connectivity index (χ0n) is 14.1. The summed E-state index contributed by atoms with van der Waals surface area (Å²) in [6, 6.07) is 10.8. The fourth-order valence-corrected chi connectivity index (χ4v) is 2.88. The fourth-order valence-electron chi connectivity index (χ4n) is 2.88. The highest BCUT2D eigenvalue weighted by Gasteiger charge is 2.25. The molecule has 2 rings (SSSR count). The second-order valence-electron chi connectivity index (χ2n) is 6.45. The molecule has 1 saturated heterocycles. The van der Waals surface area contributed by atoms with E-state index in [0.717, 1.165) is 39.1 Å². The molecule has 1 unspecified atom stereocenters. The fraction of sp³-hybridized carbons (Fsp3) is 0.611. The highest BCUT2D eigenvalue weighted by molar-refractivity contribution is 5.81. The molecule has 0 saturated carbocycles. The van der Waals surface area contributed by atoms with Crippen LogP contribution in [-0.4, -0.2) is 60.5 Å². The van der Waals surface area contributed by atoms with Crippen molar-refractivity contribution in [1.29, 1.82) is 0 Å². The summed E-state index contributed by atoms with van der Waals surface area (Å²) in [6.07, 6.45) is 1.10. The largest absolute Gasteiger partial charge is 0.353 e. The SMILES string of the molecule is CC(C)NC(=O)C(C)N1CCN(CCc2ccccc2)CC1. The van der Waals surface area contributed by atoms with Crippen LogP contribution in [0.4, 0.5) is 0 Å². The van der Waals surface area contributed by atoms with Gasteiger partial charge in [-0.3, -0.25) is 9.69 Å². The number of carbonyl (C=O) groups is 1. The lowest BCUT2D eigenvalue weighted by atomic mass is 10.1. The molecule has 1 N–H and O–H groups in total. The second kappa shape index (κ2) is 8.30. The normalized spacial score (nSPS) is 18.4. The van der Waals surface area contributed by atoms with E-state index in [-0.39, 0.29) is 18.0 Å². The summed E-state index contributed by atoms with van der Waals surface area (Å²) >= 11 is 0. The third-order valence-corrected chi connectivity index (χ3v) is 4.32. The molecule has 4 heteroatoms. The molecule has 122 valence electrons. The van der Waals surface area contributed by atoms with E-state index in [1.54, 1.807) is 0 Å². The van der Waals surface area contributed by atoms with E-state index in [1.165, 1.54) is 5.56 Å². The van der Waals surface area contributed by atoms with Crippen LogP contribution in [0.25, 0.3) is 0 Å². The lowest BCUT2D eigenvalue weighted by Gasteiger charge is -2.37. The average Bonchev–Trinajstić information content (AvgIpc) is 2.53. The predicted molar refractivity (Wildman–Crippen MR) is 90.9 cm³/mol. The highest BCUT2D eigenvalue weighted by Crippen LogP contribution is 2.08. The van der Waals surface area contributed by atoms with Gasteiger partial charge in [0, 0.05) is 38.8 Å². The minimum absolute atomic E-state index is 0.0290. The van der Waals surface area contributed by atoms with Crippen LogP contribution in [0, 0.1) is 0 Å². The molecule has 1 aliphatic rings. The third-order valence-electron chi connectivity index (χ3n) is 4.32. The molecule has 1 atom stereocenters. The second-order valence-corrected chi connectivity index (χ2v) is 6.45. The van der Waals surface area contributed by atoms with Gasteiger partial charge in [-0.1, -0.05) is 30.3 Å². The van der Waals surface area contributed by atoms with Gasteiger partial charge in [-0.25, -0.2) is 0 Å². The maximum Gasteiger partial charge on any atom is 0.237 e. The summed E-state index contributed by atoms with van der Waals surface area (Å²) in [5, 5.41) is 3.00. The number of hydrogen-bond acceptors (Lipinski definition) is 3. The van der Waals surface area contributed by atoms with Gasteiger partial charge in [-0.05, 0) is 32.8 Å². The standard InChI is InChI=1S/C18H29N3O/c1-15(2)19-18(22)16(3)21-13-11-20(12-14-21)10-9-17-7-5-4-6-8-17/h4-8,15-16H,9-14H2,1-3H3,(H,19,22). The van der Waals surface area contributed by atoms with Crippen molar-refractivity contribution in [2.75, 3.05) is 32.7 Å². The minimum Gasteiger partial charge on any atom is -0.353 e. The highest BCUT2D eigenvalue weighted by atomic mass is 16.2. The Morgan fingerprint density at radius 2 is 1.73 bits per heavy atom. The Bertz CT molecular complexity index is 453. The molecule has 0 aliphatic carbocycles. The van der Waals surface area contributed by atoms with Gasteiger partial charge in [0.05, 0.1) is 6.04 Å². The van der Waals surface area contributed by atoms with Crippen molar-refractivity contribution < 1.29 is 4.79 Å². The minimum atomic E-state index is -0.0290. The van der Waals surface area contributed by atoms with E-state index < -0.39 is 0 Å². The van der Waals surface area contributed by atoms with Crippen molar-refractivity contribution in [2.45, 2.75) is 39.3 Å². The van der Waals surface area contributed by atoms with Crippen molar-refractivity contribution in [3.63, 3.8) is 0 Å². The molecular formula is C18H29N3O. The van der Waals surface area contributed by atoms with E-state index in [1.807, 2.05) is 20.8 Å². The maximum absolute atomic E-state index is 12.1. The van der Waals surface area contributed by atoms with Crippen molar-refractivity contribution >= 4 is 5.91 Å². The summed E-state index contributed by atoms with van der Waals surface area (Å²) in [4.78, 5) is 16.9. The summed E-state index contributed by atoms with van der Waals surface area (Å²) in [7, 11) is 0. The molecule has 1 aromatic carbocycles. The van der Waals surface area contributed by atoms with Gasteiger partial charge in [-0.15, -0.1) is 0 Å². The third kappa shape index (κ3) is 5.11. The average molecular weight is 303 g/mol. The smallest absolute Gasteiger partial charge is 0.237 e. The summed E-state index contributed by atoms with van der Waals surface area (Å²) < 4.78 is 0. The van der Waals surface area contributed by atoms with Gasteiger partial charge in [0.1, 0.15) is 0 Å². The van der Waals surface area contributed by atoms with Crippen LogP contribution in [0.2, 0.25) is 0 Å². The molecular weight excluding hydrogens is 274 g/mol. The van der Waals surface area contributed by atoms with E-state index in [4.69, 9.17) is 0 Å². The Kier molecular flexibility index (Phi) is 6.40. The Hall–Kier alpha value is -1.39. The Balaban J connectivity index is 1.72. The number of hydrogen-bond donors (Lipinski definition) is 1. The lowest BCUT2D eigenvalue weighted by molar-refractivity contribution is -0.127. The van der Waals surface area contributed by atoms with Crippen molar-refractivity contribution in [3.8, 4) is 0 Å². The first kappa shape index (κ1) is 17.0. The molecule has 1 amide bonds. The van der Waals surface area contributed by atoms with Crippen LogP contribution in [0.5, 0.6) is 0 Å². The first-order valence-electron chi connectivity index (χ1n) is 8.37. The van der Waals surface area contributed by atoms with Gasteiger partial charge in [0.25, 0.3) is 0 Å². The van der Waals surface area contributed by atoms with Crippen LogP contribution >= 0.6 is 0 Å². The molecule has 0 spiro atoms. The number of benzene rings is 1. The zero-order valence-corrected chi connectivity index (χ0v) is 14.1. The Labute approximate surface area is 134 Å². The number of rotatable bonds is 6. The first-order chi connectivity index (χ1) is 10.6. The number of piperazine rings is 1. The van der Waals surface area contributed by atoms with Gasteiger partial charge in [0.2, 0.25) is 5.91 Å². The van der Waals surface area contributed by atoms with Crippen LogP contribution in [0.3, 0.4) is 0 Å². The topological polar surface area (TPSA) is 35.6 Å². The molecule has 0 aromatic heterocycles. The first-order valence-corrected chi connectivity index (χ1v) is 8.37. The maximum atomic E-state index is 12.1. The van der Waals surface area contributed by atoms with Gasteiger partial charge < -0.3 is 10.2 Å². The van der Waals surface area contributed by atoms with Crippen molar-refractivity contribution in [2.24, 2.45) is 0 Å². The number of nitrogens with one attached hydrogen (secondary N) is 1. The van der Waals surface area contributed by atoms with Crippen molar-refractivity contribution in [1.82, 2.24) is 15.1 Å². The van der Waals surface area contributed by atoms with E-state index in [9.17, 15) is 4.79 Å².